The lowest BCUT2D eigenvalue weighted by molar-refractivity contribution is 0.0529. The second-order valence-corrected chi connectivity index (χ2v) is 18.4. The van der Waals surface area contributed by atoms with E-state index in [1.807, 2.05) is 0 Å². The van der Waals surface area contributed by atoms with Gasteiger partial charge in [0.15, 0.2) is 0 Å². The van der Waals surface area contributed by atoms with E-state index < -0.39 is 61.4 Å². The summed E-state index contributed by atoms with van der Waals surface area (Å²) in [4.78, 5) is 22.7. The monoisotopic (exact) mass is 402 g/mol. The first-order chi connectivity index (χ1) is 11.5. The molecule has 0 aliphatic carbocycles. The van der Waals surface area contributed by atoms with Crippen LogP contribution in [0.2, 0.25) is 36.8 Å². The Morgan fingerprint density at radius 2 is 0.885 bits per heavy atom. The minimum absolute atomic E-state index is 0.828. The van der Waals surface area contributed by atoms with E-state index in [0.717, 1.165) is 14.6 Å². The molecule has 0 aromatic carbocycles. The quantitative estimate of drug-likeness (QED) is 0.363. The van der Waals surface area contributed by atoms with E-state index in [2.05, 4.69) is 0 Å². The maximum absolute atomic E-state index is 11.4. The van der Waals surface area contributed by atoms with Gasteiger partial charge in [-0.25, -0.2) is 0 Å². The molecule has 1 rings (SSSR count). The van der Waals surface area contributed by atoms with Gasteiger partial charge in [-0.1, -0.05) is 40.0 Å². The number of aliphatic hydroxyl groups is 4. The number of rotatable bonds is 4. The van der Waals surface area contributed by atoms with Crippen molar-refractivity contribution in [2.24, 2.45) is 0 Å². The van der Waals surface area contributed by atoms with E-state index in [-0.39, 0.29) is 0 Å². The molecule has 12 heteroatoms. The molecule has 1 heterocycles. The van der Waals surface area contributed by atoms with E-state index in [9.17, 15) is 40.2 Å². The second-order valence-electron chi connectivity index (χ2n) is 8.95. The van der Waals surface area contributed by atoms with Gasteiger partial charge in [0.1, 0.15) is 16.1 Å². The van der Waals surface area contributed by atoms with Crippen molar-refractivity contribution in [3.63, 3.8) is 0 Å². The third kappa shape index (κ3) is 3.54. The molecular weight excluding hydrogens is 374 g/mol. The van der Waals surface area contributed by atoms with Crippen molar-refractivity contribution in [3.05, 3.63) is 0 Å². The molecule has 4 unspecified atom stereocenters. The van der Waals surface area contributed by atoms with Crippen LogP contribution in [0.15, 0.2) is 0 Å². The Labute approximate surface area is 156 Å². The average molecular weight is 402 g/mol. The van der Waals surface area contributed by atoms with Crippen LogP contribution in [0, 0.1) is 0 Å². The summed E-state index contributed by atoms with van der Waals surface area (Å²) in [6, 6.07) is 0. The fraction of sp³-hybridized carbons (Fsp3) is 0.857. The second kappa shape index (κ2) is 7.06. The topological polar surface area (TPSA) is 156 Å². The maximum atomic E-state index is 11.4. The van der Waals surface area contributed by atoms with Crippen LogP contribution in [0.3, 0.4) is 0 Å². The number of aliphatic hydroxyl groups excluding tert-OH is 4. The van der Waals surface area contributed by atoms with Crippen LogP contribution in [0.4, 0.5) is 9.59 Å². The van der Waals surface area contributed by atoms with Gasteiger partial charge in [-0.05, 0) is 10.6 Å². The number of hydrogen-bond donors (Lipinski definition) is 6. The van der Waals surface area contributed by atoms with Gasteiger partial charge in [0.05, 0.1) is 0 Å². The summed E-state index contributed by atoms with van der Waals surface area (Å²) in [6.45, 7) is 9.16. The van der Waals surface area contributed by atoms with Gasteiger partial charge in [0.25, 0.3) is 14.6 Å². The molecule has 0 aromatic heterocycles. The molecule has 1 aliphatic heterocycles. The zero-order valence-electron chi connectivity index (χ0n) is 16.0. The first-order valence-electron chi connectivity index (χ1n) is 8.35. The van der Waals surface area contributed by atoms with Gasteiger partial charge < -0.3 is 30.6 Å². The Bertz CT molecular complexity index is 511. The summed E-state index contributed by atoms with van der Waals surface area (Å²) >= 11 is 0. The van der Waals surface area contributed by atoms with Crippen molar-refractivity contribution >= 4 is 42.4 Å². The zero-order chi connectivity index (χ0) is 20.9. The predicted molar refractivity (Wildman–Crippen MR) is 103 cm³/mol. The first-order valence-corrected chi connectivity index (χ1v) is 14.7. The zero-order valence-corrected chi connectivity index (χ0v) is 18.0. The van der Waals surface area contributed by atoms with E-state index >= 15 is 0 Å². The summed E-state index contributed by atoms with van der Waals surface area (Å²) in [5.74, 6) is -2.66. The highest BCUT2D eigenvalue weighted by Crippen LogP contribution is 2.52. The smallest absolute Gasteiger partial charge is 0.272 e. The van der Waals surface area contributed by atoms with Crippen molar-refractivity contribution in [3.8, 4) is 0 Å². The van der Waals surface area contributed by atoms with Crippen molar-refractivity contribution in [1.82, 2.24) is 0 Å². The van der Waals surface area contributed by atoms with E-state index in [1.165, 1.54) is 13.8 Å². The lowest BCUT2D eigenvalue weighted by Crippen LogP contribution is -2.75. The van der Waals surface area contributed by atoms with E-state index in [4.69, 9.17) is 0 Å². The van der Waals surface area contributed by atoms with Crippen molar-refractivity contribution in [2.45, 2.75) is 73.6 Å². The van der Waals surface area contributed by atoms with Crippen molar-refractivity contribution in [1.29, 1.82) is 0 Å². The predicted octanol–water partition coefficient (Wildman–Crippen LogP) is 0.139. The fourth-order valence-electron chi connectivity index (χ4n) is 4.65. The normalized spacial score (nSPS) is 42.2. The molecule has 0 aromatic rings. The third-order valence-corrected chi connectivity index (χ3v) is 14.2. The molecule has 8 nitrogen and oxygen atoms in total. The maximum Gasteiger partial charge on any atom is 0.272 e. The van der Waals surface area contributed by atoms with Gasteiger partial charge in [-0.2, -0.15) is 0 Å². The minimum atomic E-state index is -3.21. The van der Waals surface area contributed by atoms with Crippen molar-refractivity contribution < 1.29 is 40.2 Å². The Kier molecular flexibility index (Phi) is 6.35. The largest absolute Gasteiger partial charge is 0.490 e. The molecule has 0 amide bonds. The van der Waals surface area contributed by atoms with Gasteiger partial charge in [0.2, 0.25) is 11.7 Å². The number of carboxylic acid groups (broad SMARTS) is 2. The molecular formula is C14H28B2O8Si2. The number of carbonyl (C=O) groups is 2. The molecule has 0 saturated carbocycles. The van der Waals surface area contributed by atoms with Crippen LogP contribution in [0.5, 0.6) is 0 Å². The molecule has 2 radical (unpaired) electrons. The molecule has 1 fully saturated rings. The van der Waals surface area contributed by atoms with Gasteiger partial charge in [0, 0.05) is 22.9 Å². The van der Waals surface area contributed by atoms with Crippen LogP contribution in [0.1, 0.15) is 13.8 Å². The highest BCUT2D eigenvalue weighted by Gasteiger charge is 2.66. The summed E-state index contributed by atoms with van der Waals surface area (Å²) in [7, 11) is -4.76. The average Bonchev–Trinajstić information content (AvgIpc) is 2.49. The molecule has 146 valence electrons. The standard InChI is InChI=1S/C14H28B2O8Si2/c1-13(15-11(21)22)7(17)25(3,4)9(19)14(2,16-12(23)24)10(20)26(5,6)8(13)18/h7-10,17-20H,1-6H3,(H,21,22)(H,23,24). The summed E-state index contributed by atoms with van der Waals surface area (Å²) in [5.41, 5.74) is -5.51. The third-order valence-electron chi connectivity index (χ3n) is 6.04. The molecule has 0 spiro atoms. The molecule has 0 bridgehead atoms. The molecule has 1 saturated heterocycles. The van der Waals surface area contributed by atoms with E-state index in [0.29, 0.717) is 0 Å². The van der Waals surface area contributed by atoms with E-state index in [1.54, 1.807) is 26.2 Å². The lowest BCUT2D eigenvalue weighted by atomic mass is 9.53. The van der Waals surface area contributed by atoms with Crippen molar-refractivity contribution in [2.75, 3.05) is 0 Å². The van der Waals surface area contributed by atoms with Gasteiger partial charge >= 0.3 is 0 Å². The van der Waals surface area contributed by atoms with Crippen LogP contribution in [0.25, 0.3) is 0 Å². The molecule has 26 heavy (non-hydrogen) atoms. The lowest BCUT2D eigenvalue weighted by Gasteiger charge is -2.58. The van der Waals surface area contributed by atoms with Gasteiger partial charge in [-0.3, -0.25) is 9.59 Å². The van der Waals surface area contributed by atoms with Gasteiger partial charge in [-0.15, -0.1) is 0 Å². The fourth-order valence-corrected chi connectivity index (χ4v) is 13.0. The minimum Gasteiger partial charge on any atom is -0.490 e. The summed E-state index contributed by atoms with van der Waals surface area (Å²) < 4.78 is 0. The molecule has 6 N–H and O–H groups in total. The van der Waals surface area contributed by atoms with Crippen LogP contribution in [-0.2, 0) is 0 Å². The Morgan fingerprint density at radius 3 is 1.04 bits per heavy atom. The Morgan fingerprint density at radius 1 is 0.692 bits per heavy atom. The Balaban J connectivity index is 3.71. The first kappa shape index (κ1) is 23.4. The van der Waals surface area contributed by atoms with Crippen LogP contribution in [-0.4, -0.2) is 96.0 Å². The molecule has 4 atom stereocenters. The number of hydrogen-bond acceptors (Lipinski definition) is 6. The molecule has 1 aliphatic rings. The Hall–Kier alpha value is -0.656. The highest BCUT2D eigenvalue weighted by atomic mass is 28.3. The highest BCUT2D eigenvalue weighted by molar-refractivity contribution is 6.90. The van der Waals surface area contributed by atoms with Crippen LogP contribution >= 0.6 is 0 Å². The SMILES string of the molecule is CC1([B]C(=O)O)C(O)[Si](C)(C)C(O)C(C)([B]C(=O)O)C(O)[Si](C)(C)C1O. The summed E-state index contributed by atoms with van der Waals surface area (Å²) in [6.07, 6.45) is 0. The summed E-state index contributed by atoms with van der Waals surface area (Å²) in [5, 5.41) is 59.6. The van der Waals surface area contributed by atoms with Crippen LogP contribution < -0.4 is 0 Å².